The molecule has 0 fully saturated rings. The number of benzene rings is 3. The maximum absolute atomic E-state index is 13.6. The van der Waals surface area contributed by atoms with Crippen molar-refractivity contribution < 1.29 is 14.0 Å². The van der Waals surface area contributed by atoms with Crippen molar-refractivity contribution in [1.82, 2.24) is 15.2 Å². The highest BCUT2D eigenvalue weighted by Gasteiger charge is 2.31. The third kappa shape index (κ3) is 6.85. The molecule has 36 heavy (non-hydrogen) atoms. The summed E-state index contributed by atoms with van der Waals surface area (Å²) in [5.74, 6) is -0.792. The van der Waals surface area contributed by atoms with Crippen LogP contribution in [0, 0.1) is 5.82 Å². The van der Waals surface area contributed by atoms with Crippen LogP contribution in [0.5, 0.6) is 0 Å². The van der Waals surface area contributed by atoms with Gasteiger partial charge in [-0.05, 0) is 52.9 Å². The highest BCUT2D eigenvalue weighted by Crippen LogP contribution is 2.25. The summed E-state index contributed by atoms with van der Waals surface area (Å²) >= 11 is 0. The Kier molecular flexibility index (Phi) is 8.54. The van der Waals surface area contributed by atoms with Crippen LogP contribution in [0.15, 0.2) is 109 Å². The summed E-state index contributed by atoms with van der Waals surface area (Å²) < 4.78 is 13.6. The van der Waals surface area contributed by atoms with Gasteiger partial charge in [-0.15, -0.1) is 0 Å². The van der Waals surface area contributed by atoms with E-state index in [1.165, 1.54) is 12.1 Å². The van der Waals surface area contributed by atoms with E-state index in [1.807, 2.05) is 72.8 Å². The summed E-state index contributed by atoms with van der Waals surface area (Å²) in [7, 11) is 0. The van der Waals surface area contributed by atoms with E-state index in [4.69, 9.17) is 0 Å². The minimum absolute atomic E-state index is 0.156. The van der Waals surface area contributed by atoms with E-state index in [9.17, 15) is 14.0 Å². The summed E-state index contributed by atoms with van der Waals surface area (Å²) in [6, 6.07) is 27.9. The van der Waals surface area contributed by atoms with Crippen molar-refractivity contribution in [2.24, 2.45) is 0 Å². The minimum Gasteiger partial charge on any atom is -0.350 e. The van der Waals surface area contributed by atoms with Crippen LogP contribution in [0.4, 0.5) is 4.39 Å². The van der Waals surface area contributed by atoms with Gasteiger partial charge in [0.15, 0.2) is 0 Å². The fourth-order valence-electron chi connectivity index (χ4n) is 4.04. The lowest BCUT2D eigenvalue weighted by Crippen LogP contribution is -2.43. The quantitative estimate of drug-likeness (QED) is 0.337. The minimum atomic E-state index is -0.846. The van der Waals surface area contributed by atoms with Crippen molar-refractivity contribution in [2.45, 2.75) is 32.0 Å². The molecule has 1 atom stereocenters. The molecule has 3 aromatic carbocycles. The number of rotatable bonds is 10. The molecular weight excluding hydrogens is 453 g/mol. The highest BCUT2D eigenvalue weighted by molar-refractivity contribution is 5.88. The molecule has 6 heteroatoms. The number of hydrogen-bond donors (Lipinski definition) is 1. The largest absolute Gasteiger partial charge is 0.350 e. The molecule has 0 radical (unpaired) electrons. The second kappa shape index (κ2) is 12.4. The Bertz CT molecular complexity index is 1250. The number of hydrogen-bond acceptors (Lipinski definition) is 3. The van der Waals surface area contributed by atoms with E-state index < -0.39 is 6.04 Å². The van der Waals surface area contributed by atoms with Crippen molar-refractivity contribution in [1.29, 1.82) is 0 Å². The number of aromatic nitrogens is 1. The molecule has 1 N–H and O–H groups in total. The van der Waals surface area contributed by atoms with Crippen LogP contribution in [0.25, 0.3) is 0 Å². The van der Waals surface area contributed by atoms with Gasteiger partial charge in [0.25, 0.3) is 0 Å². The average molecular weight is 482 g/mol. The molecule has 2 amide bonds. The zero-order chi connectivity index (χ0) is 25.2. The first kappa shape index (κ1) is 24.8. The first-order valence-electron chi connectivity index (χ1n) is 11.9. The Labute approximate surface area is 210 Å². The average Bonchev–Trinajstić information content (AvgIpc) is 2.93. The summed E-state index contributed by atoms with van der Waals surface area (Å²) in [6.07, 6.45) is 4.14. The van der Waals surface area contributed by atoms with Gasteiger partial charge in [0, 0.05) is 31.9 Å². The molecule has 0 aliphatic rings. The molecule has 0 aliphatic heterocycles. The van der Waals surface area contributed by atoms with Gasteiger partial charge in [0.2, 0.25) is 11.8 Å². The Morgan fingerprint density at radius 1 is 0.778 bits per heavy atom. The Hall–Kier alpha value is -4.32. The van der Waals surface area contributed by atoms with E-state index in [0.29, 0.717) is 18.5 Å². The first-order valence-corrected chi connectivity index (χ1v) is 11.9. The van der Waals surface area contributed by atoms with Gasteiger partial charge in [0.05, 0.1) is 0 Å². The molecule has 4 aromatic rings. The second-order valence-corrected chi connectivity index (χ2v) is 8.52. The number of amides is 2. The standard InChI is InChI=1S/C30H28FN3O2/c31-27-14-11-25(12-15-27)22-34(28(35)16-13-23-7-3-1-4-8-23)29(26-9-5-2-6-10-26)30(36)33-21-24-17-19-32-20-18-24/h1-12,14-15,17-20,29H,13,16,21-22H2,(H,33,36)/t29-/m0/s1. The van der Waals surface area contributed by atoms with E-state index in [1.54, 1.807) is 29.4 Å². The van der Waals surface area contributed by atoms with Crippen LogP contribution in [0.3, 0.4) is 0 Å². The van der Waals surface area contributed by atoms with E-state index in [0.717, 1.165) is 16.7 Å². The number of pyridine rings is 1. The third-order valence-corrected chi connectivity index (χ3v) is 5.95. The highest BCUT2D eigenvalue weighted by atomic mass is 19.1. The topological polar surface area (TPSA) is 62.3 Å². The SMILES string of the molecule is O=C(NCc1ccncc1)[C@H](c1ccccc1)N(Cc1ccc(F)cc1)C(=O)CCc1ccccc1. The number of nitrogens with one attached hydrogen (secondary N) is 1. The summed E-state index contributed by atoms with van der Waals surface area (Å²) in [5.41, 5.74) is 3.41. The molecule has 0 spiro atoms. The van der Waals surface area contributed by atoms with Crippen molar-refractivity contribution in [3.8, 4) is 0 Å². The van der Waals surface area contributed by atoms with Gasteiger partial charge in [-0.2, -0.15) is 0 Å². The summed E-state index contributed by atoms with van der Waals surface area (Å²) in [5, 5.41) is 2.98. The van der Waals surface area contributed by atoms with Crippen LogP contribution in [-0.4, -0.2) is 21.7 Å². The summed E-state index contributed by atoms with van der Waals surface area (Å²) in [4.78, 5) is 32.8. The van der Waals surface area contributed by atoms with Crippen molar-refractivity contribution in [2.75, 3.05) is 0 Å². The van der Waals surface area contributed by atoms with E-state index in [-0.39, 0.29) is 30.6 Å². The van der Waals surface area contributed by atoms with Gasteiger partial charge >= 0.3 is 0 Å². The van der Waals surface area contributed by atoms with Crippen LogP contribution >= 0.6 is 0 Å². The molecule has 0 unspecified atom stereocenters. The van der Waals surface area contributed by atoms with Crippen molar-refractivity contribution in [3.05, 3.63) is 138 Å². The molecule has 1 heterocycles. The van der Waals surface area contributed by atoms with Gasteiger partial charge in [-0.1, -0.05) is 72.8 Å². The van der Waals surface area contributed by atoms with Crippen LogP contribution < -0.4 is 5.32 Å². The fraction of sp³-hybridized carbons (Fsp3) is 0.167. The van der Waals surface area contributed by atoms with Gasteiger partial charge in [0.1, 0.15) is 11.9 Å². The number of aryl methyl sites for hydroxylation is 1. The Balaban J connectivity index is 1.62. The van der Waals surface area contributed by atoms with E-state index >= 15 is 0 Å². The summed E-state index contributed by atoms with van der Waals surface area (Å²) in [6.45, 7) is 0.490. The molecule has 1 aromatic heterocycles. The second-order valence-electron chi connectivity index (χ2n) is 8.52. The predicted octanol–water partition coefficient (Wildman–Crippen LogP) is 5.24. The third-order valence-electron chi connectivity index (χ3n) is 5.95. The molecule has 0 bridgehead atoms. The molecular formula is C30H28FN3O2. The zero-order valence-electron chi connectivity index (χ0n) is 19.9. The van der Waals surface area contributed by atoms with Gasteiger partial charge in [-0.3, -0.25) is 14.6 Å². The molecule has 0 aliphatic carbocycles. The van der Waals surface area contributed by atoms with Gasteiger partial charge in [-0.25, -0.2) is 4.39 Å². The lowest BCUT2D eigenvalue weighted by molar-refractivity contribution is -0.141. The smallest absolute Gasteiger partial charge is 0.247 e. The first-order chi connectivity index (χ1) is 17.6. The fourth-order valence-corrected chi connectivity index (χ4v) is 4.04. The predicted molar refractivity (Wildman–Crippen MR) is 137 cm³/mol. The Morgan fingerprint density at radius 2 is 1.42 bits per heavy atom. The van der Waals surface area contributed by atoms with Crippen molar-refractivity contribution in [3.63, 3.8) is 0 Å². The van der Waals surface area contributed by atoms with Crippen LogP contribution in [0.2, 0.25) is 0 Å². The lowest BCUT2D eigenvalue weighted by atomic mass is 10.0. The molecule has 0 saturated carbocycles. The van der Waals surface area contributed by atoms with Crippen LogP contribution in [0.1, 0.15) is 34.7 Å². The number of carbonyl (C=O) groups excluding carboxylic acids is 2. The van der Waals surface area contributed by atoms with Gasteiger partial charge < -0.3 is 10.2 Å². The number of halogens is 1. The molecule has 4 rings (SSSR count). The van der Waals surface area contributed by atoms with Crippen molar-refractivity contribution >= 4 is 11.8 Å². The number of carbonyl (C=O) groups is 2. The van der Waals surface area contributed by atoms with Crippen LogP contribution in [-0.2, 0) is 29.1 Å². The molecule has 0 saturated heterocycles. The monoisotopic (exact) mass is 481 g/mol. The lowest BCUT2D eigenvalue weighted by Gasteiger charge is -2.32. The Morgan fingerprint density at radius 3 is 2.08 bits per heavy atom. The number of nitrogens with zero attached hydrogens (tertiary/aromatic N) is 2. The maximum atomic E-state index is 13.6. The maximum Gasteiger partial charge on any atom is 0.247 e. The zero-order valence-corrected chi connectivity index (χ0v) is 19.9. The molecule has 182 valence electrons. The molecule has 5 nitrogen and oxygen atoms in total. The van der Waals surface area contributed by atoms with E-state index in [2.05, 4.69) is 10.3 Å². The normalized spacial score (nSPS) is 11.5.